The van der Waals surface area contributed by atoms with Gasteiger partial charge in [-0.25, -0.2) is 0 Å². The standard InChI is InChI=1S/C18H23NS.ClH/c1-15(8-9-16-6-4-3-5-7-16)19-14-17-10-12-18(20-2)13-11-17;/h3-7,10-13,15,19H,8-9,14H2,1-2H3;1H. The van der Waals surface area contributed by atoms with Gasteiger partial charge in [-0.2, -0.15) is 0 Å². The molecule has 21 heavy (non-hydrogen) atoms. The van der Waals surface area contributed by atoms with E-state index >= 15 is 0 Å². The molecule has 0 aliphatic heterocycles. The first-order valence-corrected chi connectivity index (χ1v) is 8.40. The normalized spacial score (nSPS) is 11.7. The van der Waals surface area contributed by atoms with Crippen LogP contribution < -0.4 is 5.32 Å². The maximum Gasteiger partial charge on any atom is 0.0207 e. The van der Waals surface area contributed by atoms with Gasteiger partial charge in [-0.05, 0) is 49.3 Å². The van der Waals surface area contributed by atoms with E-state index in [0.29, 0.717) is 6.04 Å². The SMILES string of the molecule is CSc1ccc(CNC(C)CCc2ccccc2)cc1.Cl. The summed E-state index contributed by atoms with van der Waals surface area (Å²) in [7, 11) is 0. The predicted molar refractivity (Wildman–Crippen MR) is 96.5 cm³/mol. The largest absolute Gasteiger partial charge is 0.310 e. The van der Waals surface area contributed by atoms with E-state index in [1.165, 1.54) is 22.4 Å². The van der Waals surface area contributed by atoms with Crippen molar-refractivity contribution in [1.29, 1.82) is 0 Å². The van der Waals surface area contributed by atoms with E-state index in [1.54, 1.807) is 11.8 Å². The molecule has 0 spiro atoms. The van der Waals surface area contributed by atoms with E-state index in [1.807, 2.05) is 0 Å². The monoisotopic (exact) mass is 321 g/mol. The van der Waals surface area contributed by atoms with Gasteiger partial charge in [-0.15, -0.1) is 24.2 Å². The summed E-state index contributed by atoms with van der Waals surface area (Å²) in [6.07, 6.45) is 4.42. The summed E-state index contributed by atoms with van der Waals surface area (Å²) >= 11 is 1.79. The van der Waals surface area contributed by atoms with E-state index in [4.69, 9.17) is 0 Å². The zero-order valence-electron chi connectivity index (χ0n) is 12.7. The van der Waals surface area contributed by atoms with E-state index in [9.17, 15) is 0 Å². The van der Waals surface area contributed by atoms with Crippen LogP contribution in [0.15, 0.2) is 59.5 Å². The first-order valence-electron chi connectivity index (χ1n) is 7.18. The average molecular weight is 322 g/mol. The molecule has 0 saturated heterocycles. The van der Waals surface area contributed by atoms with E-state index < -0.39 is 0 Å². The summed E-state index contributed by atoms with van der Waals surface area (Å²) in [5.41, 5.74) is 2.78. The average Bonchev–Trinajstić information content (AvgIpc) is 2.52. The highest BCUT2D eigenvalue weighted by Crippen LogP contribution is 2.15. The van der Waals surface area contributed by atoms with Crippen LogP contribution in [0.4, 0.5) is 0 Å². The molecule has 1 nitrogen and oxygen atoms in total. The minimum atomic E-state index is 0. The number of nitrogens with one attached hydrogen (secondary N) is 1. The molecule has 0 heterocycles. The van der Waals surface area contributed by atoms with Crippen LogP contribution in [0.25, 0.3) is 0 Å². The summed E-state index contributed by atoms with van der Waals surface area (Å²) in [6.45, 7) is 3.21. The van der Waals surface area contributed by atoms with Crippen molar-refractivity contribution in [2.75, 3.05) is 6.26 Å². The third-order valence-electron chi connectivity index (χ3n) is 3.52. The topological polar surface area (TPSA) is 12.0 Å². The number of hydrogen-bond acceptors (Lipinski definition) is 2. The molecule has 114 valence electrons. The molecule has 0 aromatic heterocycles. The fraction of sp³-hybridized carbons (Fsp3) is 0.333. The number of halogens is 1. The number of aryl methyl sites for hydroxylation is 1. The zero-order chi connectivity index (χ0) is 14.2. The Kier molecular flexibility index (Phi) is 8.51. The van der Waals surface area contributed by atoms with Crippen molar-refractivity contribution in [2.24, 2.45) is 0 Å². The van der Waals surface area contributed by atoms with Gasteiger partial charge in [0.1, 0.15) is 0 Å². The van der Waals surface area contributed by atoms with Gasteiger partial charge in [0.05, 0.1) is 0 Å². The Hall–Kier alpha value is -0.960. The molecule has 2 aromatic rings. The second-order valence-corrected chi connectivity index (χ2v) is 6.03. The maximum atomic E-state index is 3.60. The van der Waals surface area contributed by atoms with Gasteiger partial charge >= 0.3 is 0 Å². The molecule has 0 bridgehead atoms. The molecule has 0 amide bonds. The molecular weight excluding hydrogens is 298 g/mol. The van der Waals surface area contributed by atoms with Crippen LogP contribution in [0.2, 0.25) is 0 Å². The lowest BCUT2D eigenvalue weighted by Crippen LogP contribution is -2.25. The van der Waals surface area contributed by atoms with Crippen molar-refractivity contribution in [2.45, 2.75) is 37.2 Å². The van der Waals surface area contributed by atoms with Gasteiger partial charge in [0.15, 0.2) is 0 Å². The summed E-state index contributed by atoms with van der Waals surface area (Å²) in [4.78, 5) is 1.32. The second kappa shape index (κ2) is 9.88. The molecule has 0 aliphatic rings. The molecule has 0 saturated carbocycles. The third-order valence-corrected chi connectivity index (χ3v) is 4.27. The Morgan fingerprint density at radius 1 is 0.952 bits per heavy atom. The molecule has 2 aromatic carbocycles. The Bertz CT molecular complexity index is 498. The van der Waals surface area contributed by atoms with Crippen LogP contribution >= 0.6 is 24.2 Å². The van der Waals surface area contributed by atoms with Crippen molar-refractivity contribution in [3.8, 4) is 0 Å². The quantitative estimate of drug-likeness (QED) is 0.725. The fourth-order valence-corrected chi connectivity index (χ4v) is 2.57. The summed E-state index contributed by atoms with van der Waals surface area (Å²) in [6, 6.07) is 20.0. The van der Waals surface area contributed by atoms with Crippen molar-refractivity contribution < 1.29 is 0 Å². The molecule has 1 unspecified atom stereocenters. The van der Waals surface area contributed by atoms with Gasteiger partial charge in [0.2, 0.25) is 0 Å². The summed E-state index contributed by atoms with van der Waals surface area (Å²) in [5.74, 6) is 0. The second-order valence-electron chi connectivity index (χ2n) is 5.15. The number of rotatable bonds is 7. The van der Waals surface area contributed by atoms with E-state index in [2.05, 4.69) is 73.1 Å². The van der Waals surface area contributed by atoms with Crippen molar-refractivity contribution in [1.82, 2.24) is 5.32 Å². The van der Waals surface area contributed by atoms with Crippen LogP contribution in [0.3, 0.4) is 0 Å². The minimum absolute atomic E-state index is 0. The van der Waals surface area contributed by atoms with Gasteiger partial charge in [0, 0.05) is 17.5 Å². The molecule has 0 fully saturated rings. The lowest BCUT2D eigenvalue weighted by molar-refractivity contribution is 0.514. The van der Waals surface area contributed by atoms with Gasteiger partial charge < -0.3 is 5.32 Å². The molecule has 1 N–H and O–H groups in total. The minimum Gasteiger partial charge on any atom is -0.310 e. The number of benzene rings is 2. The van der Waals surface area contributed by atoms with Crippen molar-refractivity contribution in [3.05, 3.63) is 65.7 Å². The number of thioether (sulfide) groups is 1. The molecule has 1 atom stereocenters. The van der Waals surface area contributed by atoms with Crippen molar-refractivity contribution >= 4 is 24.2 Å². The maximum absolute atomic E-state index is 3.60. The lowest BCUT2D eigenvalue weighted by atomic mass is 10.1. The van der Waals surface area contributed by atoms with Crippen LogP contribution in [-0.2, 0) is 13.0 Å². The fourth-order valence-electron chi connectivity index (χ4n) is 2.17. The van der Waals surface area contributed by atoms with Gasteiger partial charge in [-0.1, -0.05) is 42.5 Å². The summed E-state index contributed by atoms with van der Waals surface area (Å²) in [5, 5.41) is 3.60. The predicted octanol–water partition coefficient (Wildman–Crippen LogP) is 4.94. The highest BCUT2D eigenvalue weighted by atomic mass is 35.5. The van der Waals surface area contributed by atoms with E-state index in [0.717, 1.165) is 13.0 Å². The smallest absolute Gasteiger partial charge is 0.0207 e. The Morgan fingerprint density at radius 3 is 2.24 bits per heavy atom. The molecule has 0 aliphatic carbocycles. The van der Waals surface area contributed by atoms with Crippen LogP contribution in [-0.4, -0.2) is 12.3 Å². The molecule has 3 heteroatoms. The zero-order valence-corrected chi connectivity index (χ0v) is 14.3. The highest BCUT2D eigenvalue weighted by molar-refractivity contribution is 7.98. The molecule has 0 radical (unpaired) electrons. The highest BCUT2D eigenvalue weighted by Gasteiger charge is 2.02. The van der Waals surface area contributed by atoms with Gasteiger partial charge in [0.25, 0.3) is 0 Å². The first-order chi connectivity index (χ1) is 9.78. The Labute approximate surface area is 139 Å². The summed E-state index contributed by atoms with van der Waals surface area (Å²) < 4.78 is 0. The first kappa shape index (κ1) is 18.1. The Morgan fingerprint density at radius 2 is 1.62 bits per heavy atom. The van der Waals surface area contributed by atoms with E-state index in [-0.39, 0.29) is 12.4 Å². The van der Waals surface area contributed by atoms with Crippen LogP contribution in [0.5, 0.6) is 0 Å². The van der Waals surface area contributed by atoms with Crippen LogP contribution in [0.1, 0.15) is 24.5 Å². The molecular formula is C18H24ClNS. The lowest BCUT2D eigenvalue weighted by Gasteiger charge is -2.14. The van der Waals surface area contributed by atoms with Crippen molar-refractivity contribution in [3.63, 3.8) is 0 Å². The number of hydrogen-bond donors (Lipinski definition) is 1. The third kappa shape index (κ3) is 6.56. The molecule has 2 rings (SSSR count). The Balaban J connectivity index is 0.00000220. The van der Waals surface area contributed by atoms with Gasteiger partial charge in [-0.3, -0.25) is 0 Å². The van der Waals surface area contributed by atoms with Crippen LogP contribution in [0, 0.1) is 0 Å².